The molecule has 0 N–H and O–H groups in total. The molecule has 1 unspecified atom stereocenters. The fraction of sp³-hybridized carbons (Fsp3) is 0.538. The van der Waals surface area contributed by atoms with Gasteiger partial charge in [-0.25, -0.2) is 12.8 Å². The second kappa shape index (κ2) is 5.56. The maximum Gasteiger partial charge on any atom is 0.245 e. The molecule has 1 aromatic rings. The molecular weight excluding hydrogens is 267 g/mol. The Kier molecular flexibility index (Phi) is 4.23. The van der Waals surface area contributed by atoms with Crippen LogP contribution < -0.4 is 0 Å². The van der Waals surface area contributed by atoms with E-state index in [1.165, 1.54) is 35.6 Å². The summed E-state index contributed by atoms with van der Waals surface area (Å²) in [5.74, 6) is -0.700. The van der Waals surface area contributed by atoms with Crippen molar-refractivity contribution in [3.8, 4) is 0 Å². The van der Waals surface area contributed by atoms with Crippen molar-refractivity contribution >= 4 is 10.0 Å². The first kappa shape index (κ1) is 14.4. The molecule has 0 aromatic heterocycles. The molecule has 1 aliphatic rings. The van der Waals surface area contributed by atoms with Gasteiger partial charge in [0.25, 0.3) is 0 Å². The number of nitrogens with zero attached hydrogens (tertiary/aromatic N) is 2. The van der Waals surface area contributed by atoms with Crippen LogP contribution in [0, 0.1) is 5.82 Å². The third kappa shape index (κ3) is 2.96. The van der Waals surface area contributed by atoms with Crippen LogP contribution in [0.25, 0.3) is 0 Å². The summed E-state index contributed by atoms with van der Waals surface area (Å²) in [5, 5.41) is 0. The normalized spacial score (nSPS) is 21.2. The maximum absolute atomic E-state index is 13.6. The molecule has 0 amide bonds. The number of likely N-dealkylation sites (tertiary alicyclic amines) is 1. The van der Waals surface area contributed by atoms with Crippen LogP contribution >= 0.6 is 0 Å². The zero-order valence-corrected chi connectivity index (χ0v) is 12.0. The summed E-state index contributed by atoms with van der Waals surface area (Å²) in [6, 6.07) is 5.71. The predicted molar refractivity (Wildman–Crippen MR) is 71.9 cm³/mol. The number of rotatable bonds is 4. The highest BCUT2D eigenvalue weighted by Gasteiger charge is 2.29. The minimum absolute atomic E-state index is 0.214. The van der Waals surface area contributed by atoms with Gasteiger partial charge in [0, 0.05) is 19.6 Å². The summed E-state index contributed by atoms with van der Waals surface area (Å²) < 4.78 is 39.5. The van der Waals surface area contributed by atoms with Crippen molar-refractivity contribution in [2.45, 2.75) is 23.8 Å². The fourth-order valence-corrected chi connectivity index (χ4v) is 3.70. The second-order valence-electron chi connectivity index (χ2n) is 4.99. The number of benzene rings is 1. The van der Waals surface area contributed by atoms with Gasteiger partial charge in [0.05, 0.1) is 0 Å². The van der Waals surface area contributed by atoms with E-state index in [-0.39, 0.29) is 10.9 Å². The summed E-state index contributed by atoms with van der Waals surface area (Å²) >= 11 is 0. The van der Waals surface area contributed by atoms with E-state index in [9.17, 15) is 12.8 Å². The van der Waals surface area contributed by atoms with Crippen LogP contribution in [-0.4, -0.2) is 50.8 Å². The van der Waals surface area contributed by atoms with Crippen molar-refractivity contribution < 1.29 is 12.8 Å². The molecule has 4 nitrogen and oxygen atoms in total. The molecule has 1 atom stereocenters. The van der Waals surface area contributed by atoms with E-state index < -0.39 is 15.8 Å². The number of hydrogen-bond acceptors (Lipinski definition) is 3. The van der Waals surface area contributed by atoms with E-state index in [1.807, 2.05) is 7.05 Å². The van der Waals surface area contributed by atoms with Crippen LogP contribution in [0.15, 0.2) is 29.2 Å². The Morgan fingerprint density at radius 3 is 2.68 bits per heavy atom. The largest absolute Gasteiger partial charge is 0.302 e. The molecule has 2 rings (SSSR count). The Hall–Kier alpha value is -0.980. The monoisotopic (exact) mass is 286 g/mol. The minimum atomic E-state index is -3.75. The lowest BCUT2D eigenvalue weighted by Gasteiger charge is -2.25. The van der Waals surface area contributed by atoms with Crippen molar-refractivity contribution in [1.82, 2.24) is 9.21 Å². The molecule has 0 aliphatic carbocycles. The molecule has 0 bridgehead atoms. The van der Waals surface area contributed by atoms with E-state index in [4.69, 9.17) is 0 Å². The van der Waals surface area contributed by atoms with Gasteiger partial charge in [-0.05, 0) is 38.6 Å². The molecular formula is C13H19FN2O2S. The quantitative estimate of drug-likeness (QED) is 0.843. The predicted octanol–water partition coefficient (Wildman–Crippen LogP) is 1.54. The third-order valence-corrected chi connectivity index (χ3v) is 5.52. The zero-order valence-electron chi connectivity index (χ0n) is 11.2. The van der Waals surface area contributed by atoms with Crippen molar-refractivity contribution in [3.63, 3.8) is 0 Å². The van der Waals surface area contributed by atoms with Crippen LogP contribution in [0.2, 0.25) is 0 Å². The molecule has 1 aromatic carbocycles. The van der Waals surface area contributed by atoms with Gasteiger partial charge in [-0.15, -0.1) is 0 Å². The van der Waals surface area contributed by atoms with E-state index in [0.717, 1.165) is 19.4 Å². The lowest BCUT2D eigenvalue weighted by Crippen LogP contribution is -2.39. The van der Waals surface area contributed by atoms with Crippen LogP contribution in [0.5, 0.6) is 0 Å². The minimum Gasteiger partial charge on any atom is -0.302 e. The number of halogens is 1. The maximum atomic E-state index is 13.6. The summed E-state index contributed by atoms with van der Waals surface area (Å²) in [5.41, 5.74) is 0. The highest BCUT2D eigenvalue weighted by Crippen LogP contribution is 2.21. The van der Waals surface area contributed by atoms with Crippen LogP contribution in [-0.2, 0) is 10.0 Å². The summed E-state index contributed by atoms with van der Waals surface area (Å²) in [6.07, 6.45) is 2.06. The van der Waals surface area contributed by atoms with Gasteiger partial charge in [0.2, 0.25) is 10.0 Å². The average molecular weight is 286 g/mol. The average Bonchev–Trinajstić information content (AvgIpc) is 2.75. The molecule has 106 valence electrons. The highest BCUT2D eigenvalue weighted by molar-refractivity contribution is 7.89. The van der Waals surface area contributed by atoms with Gasteiger partial charge >= 0.3 is 0 Å². The summed E-state index contributed by atoms with van der Waals surface area (Å²) in [4.78, 5) is 1.89. The smallest absolute Gasteiger partial charge is 0.245 e. The van der Waals surface area contributed by atoms with Crippen LogP contribution in [0.4, 0.5) is 4.39 Å². The van der Waals surface area contributed by atoms with E-state index in [0.29, 0.717) is 6.54 Å². The second-order valence-corrected chi connectivity index (χ2v) is 7.01. The molecule has 1 fully saturated rings. The molecule has 0 radical (unpaired) electrons. The zero-order chi connectivity index (χ0) is 14.0. The van der Waals surface area contributed by atoms with Gasteiger partial charge in [-0.2, -0.15) is 4.31 Å². The number of likely N-dealkylation sites (N-methyl/N-ethyl adjacent to an activating group) is 2. The van der Waals surface area contributed by atoms with E-state index in [2.05, 4.69) is 4.90 Å². The van der Waals surface area contributed by atoms with Gasteiger partial charge < -0.3 is 4.90 Å². The van der Waals surface area contributed by atoms with Gasteiger partial charge in [0.15, 0.2) is 0 Å². The molecule has 1 saturated heterocycles. The van der Waals surface area contributed by atoms with Crippen LogP contribution in [0.3, 0.4) is 0 Å². The molecule has 1 heterocycles. The first-order valence-corrected chi connectivity index (χ1v) is 7.78. The Labute approximate surface area is 113 Å². The van der Waals surface area contributed by atoms with E-state index in [1.54, 1.807) is 0 Å². The summed E-state index contributed by atoms with van der Waals surface area (Å²) in [7, 11) is -0.254. The highest BCUT2D eigenvalue weighted by atomic mass is 32.2. The Balaban J connectivity index is 2.18. The Morgan fingerprint density at radius 2 is 2.11 bits per heavy atom. The van der Waals surface area contributed by atoms with Crippen molar-refractivity contribution in [1.29, 1.82) is 0 Å². The SMILES string of the molecule is CN1CCCC1CN(C)S(=O)(=O)c1ccccc1F. The first-order valence-electron chi connectivity index (χ1n) is 6.34. The molecule has 0 spiro atoms. The first-order chi connectivity index (χ1) is 8.93. The lowest BCUT2D eigenvalue weighted by atomic mass is 10.2. The number of sulfonamides is 1. The number of hydrogen-bond donors (Lipinski definition) is 0. The van der Waals surface area contributed by atoms with Crippen molar-refractivity contribution in [2.24, 2.45) is 0 Å². The molecule has 19 heavy (non-hydrogen) atoms. The molecule has 1 aliphatic heterocycles. The van der Waals surface area contributed by atoms with E-state index >= 15 is 0 Å². The van der Waals surface area contributed by atoms with Gasteiger partial charge in [-0.1, -0.05) is 12.1 Å². The summed E-state index contributed by atoms with van der Waals surface area (Å²) in [6.45, 7) is 1.38. The standard InChI is InChI=1S/C13H19FN2O2S/c1-15-9-5-6-11(15)10-16(2)19(17,18)13-8-4-3-7-12(13)14/h3-4,7-8,11H,5-6,9-10H2,1-2H3. The molecule has 0 saturated carbocycles. The lowest BCUT2D eigenvalue weighted by molar-refractivity contribution is 0.270. The van der Waals surface area contributed by atoms with Crippen LogP contribution in [0.1, 0.15) is 12.8 Å². The van der Waals surface area contributed by atoms with Gasteiger partial charge in [0.1, 0.15) is 10.7 Å². The topological polar surface area (TPSA) is 40.6 Å². The fourth-order valence-electron chi connectivity index (χ4n) is 2.43. The third-order valence-electron chi connectivity index (χ3n) is 3.66. The Bertz CT molecular complexity index is 547. The van der Waals surface area contributed by atoms with Crippen molar-refractivity contribution in [2.75, 3.05) is 27.2 Å². The van der Waals surface area contributed by atoms with Crippen molar-refractivity contribution in [3.05, 3.63) is 30.1 Å². The molecule has 6 heteroatoms. The van der Waals surface area contributed by atoms with Gasteiger partial charge in [-0.3, -0.25) is 0 Å². The Morgan fingerprint density at radius 1 is 1.42 bits per heavy atom.